The number of carbonyl (C=O) groups is 2. The third kappa shape index (κ3) is 3.75. The van der Waals surface area contributed by atoms with E-state index in [4.69, 9.17) is 0 Å². The Hall–Kier alpha value is -2.28. The average Bonchev–Trinajstić information content (AvgIpc) is 3.03. The highest BCUT2D eigenvalue weighted by molar-refractivity contribution is 5.87. The third-order valence-electron chi connectivity index (χ3n) is 7.42. The van der Waals surface area contributed by atoms with Gasteiger partial charge in [0.15, 0.2) is 0 Å². The smallest absolute Gasteiger partial charge is 0.411 e. The Morgan fingerprint density at radius 3 is 2.57 bits per heavy atom. The molecule has 1 aliphatic carbocycles. The van der Waals surface area contributed by atoms with Crippen LogP contribution in [-0.2, 0) is 4.79 Å². The maximum atomic E-state index is 13.5. The van der Waals surface area contributed by atoms with Crippen LogP contribution in [0.15, 0.2) is 18.2 Å². The maximum absolute atomic E-state index is 13.5. The molecule has 0 radical (unpaired) electrons. The predicted molar refractivity (Wildman–Crippen MR) is 116 cm³/mol. The highest BCUT2D eigenvalue weighted by Crippen LogP contribution is 2.43. The summed E-state index contributed by atoms with van der Waals surface area (Å²) in [6, 6.07) is 6.15. The molecule has 0 aromatic heterocycles. The van der Waals surface area contributed by atoms with Crippen molar-refractivity contribution in [2.75, 3.05) is 36.5 Å². The van der Waals surface area contributed by atoms with Crippen molar-refractivity contribution in [1.82, 2.24) is 4.90 Å². The monoisotopic (exact) mass is 415 g/mol. The Kier molecular flexibility index (Phi) is 5.66. The van der Waals surface area contributed by atoms with Crippen LogP contribution in [0.2, 0.25) is 0 Å². The molecule has 2 aliphatic heterocycles. The summed E-state index contributed by atoms with van der Waals surface area (Å²) >= 11 is 0. The highest BCUT2D eigenvalue weighted by atomic mass is 16.4. The van der Waals surface area contributed by atoms with Crippen molar-refractivity contribution in [3.63, 3.8) is 0 Å². The second-order valence-corrected chi connectivity index (χ2v) is 9.33. The fourth-order valence-electron chi connectivity index (χ4n) is 5.61. The van der Waals surface area contributed by atoms with Crippen molar-refractivity contribution in [2.24, 2.45) is 5.41 Å². The number of rotatable bonds is 3. The normalized spacial score (nSPS) is 29.5. The molecule has 1 aromatic rings. The molecular weight excluding hydrogens is 382 g/mol. The number of carbonyl (C=O) groups excluding carboxylic acids is 1. The van der Waals surface area contributed by atoms with Crippen LogP contribution >= 0.6 is 0 Å². The van der Waals surface area contributed by atoms with E-state index in [9.17, 15) is 19.8 Å². The van der Waals surface area contributed by atoms with Gasteiger partial charge in [-0.05, 0) is 75.6 Å². The molecule has 1 spiro atoms. The first-order valence-electron chi connectivity index (χ1n) is 11.1. The molecule has 0 unspecified atom stereocenters. The zero-order valence-electron chi connectivity index (χ0n) is 18.0. The summed E-state index contributed by atoms with van der Waals surface area (Å²) < 4.78 is 0. The second-order valence-electron chi connectivity index (χ2n) is 9.33. The van der Waals surface area contributed by atoms with E-state index < -0.39 is 6.09 Å². The van der Waals surface area contributed by atoms with Crippen LogP contribution in [0.3, 0.4) is 0 Å². The summed E-state index contributed by atoms with van der Waals surface area (Å²) in [5, 5.41) is 19.1. The van der Waals surface area contributed by atoms with Gasteiger partial charge in [-0.25, -0.2) is 4.79 Å². The fourth-order valence-corrected chi connectivity index (χ4v) is 5.61. The molecule has 2 N–H and O–H groups in total. The molecule has 2 heterocycles. The lowest BCUT2D eigenvalue weighted by atomic mass is 9.78. The van der Waals surface area contributed by atoms with E-state index in [-0.39, 0.29) is 17.6 Å². The van der Waals surface area contributed by atoms with E-state index >= 15 is 0 Å². The van der Waals surface area contributed by atoms with Crippen molar-refractivity contribution >= 4 is 23.4 Å². The molecule has 4 rings (SSSR count). The van der Waals surface area contributed by atoms with Gasteiger partial charge < -0.3 is 20.0 Å². The van der Waals surface area contributed by atoms with Crippen LogP contribution in [0, 0.1) is 12.3 Å². The SMILES string of the molecule is Cc1cc(N2CCC[C@]3(CCN(C4CCC(O)CC4)C3=O)C2)ccc1N(C)C(=O)O. The lowest BCUT2D eigenvalue weighted by Gasteiger charge is -2.41. The Morgan fingerprint density at radius 1 is 1.17 bits per heavy atom. The summed E-state index contributed by atoms with van der Waals surface area (Å²) in [5.74, 6) is 0.299. The van der Waals surface area contributed by atoms with Gasteiger partial charge in [0.1, 0.15) is 0 Å². The lowest BCUT2D eigenvalue weighted by Crippen LogP contribution is -2.50. The van der Waals surface area contributed by atoms with Gasteiger partial charge in [0.2, 0.25) is 5.91 Å². The minimum absolute atomic E-state index is 0.204. The number of amides is 2. The molecule has 3 fully saturated rings. The van der Waals surface area contributed by atoms with Crippen LogP contribution in [0.4, 0.5) is 16.2 Å². The third-order valence-corrected chi connectivity index (χ3v) is 7.42. The summed E-state index contributed by atoms with van der Waals surface area (Å²) in [6.45, 7) is 4.40. The van der Waals surface area contributed by atoms with Gasteiger partial charge >= 0.3 is 6.09 Å². The number of likely N-dealkylation sites (tertiary alicyclic amines) is 1. The molecule has 3 aliphatic rings. The molecular formula is C23H33N3O4. The molecule has 2 amide bonds. The lowest BCUT2D eigenvalue weighted by molar-refractivity contribution is -0.139. The molecule has 2 saturated heterocycles. The number of aliphatic hydroxyl groups excluding tert-OH is 1. The Morgan fingerprint density at radius 2 is 1.90 bits per heavy atom. The molecule has 0 bridgehead atoms. The summed E-state index contributed by atoms with van der Waals surface area (Å²) in [7, 11) is 1.55. The van der Waals surface area contributed by atoms with Gasteiger partial charge in [0, 0.05) is 44.1 Å². The Balaban J connectivity index is 1.49. The van der Waals surface area contributed by atoms with Crippen LogP contribution in [0.5, 0.6) is 0 Å². The van der Waals surface area contributed by atoms with Crippen molar-refractivity contribution < 1.29 is 19.8 Å². The summed E-state index contributed by atoms with van der Waals surface area (Å²) in [5.41, 5.74) is 2.34. The largest absolute Gasteiger partial charge is 0.465 e. The first-order chi connectivity index (χ1) is 14.3. The van der Waals surface area contributed by atoms with E-state index in [0.717, 1.165) is 75.8 Å². The maximum Gasteiger partial charge on any atom is 0.411 e. The highest BCUT2D eigenvalue weighted by Gasteiger charge is 2.50. The van der Waals surface area contributed by atoms with E-state index in [1.165, 1.54) is 4.90 Å². The van der Waals surface area contributed by atoms with Gasteiger partial charge in [0.05, 0.1) is 11.5 Å². The number of hydrogen-bond donors (Lipinski definition) is 2. The summed E-state index contributed by atoms with van der Waals surface area (Å²) in [4.78, 5) is 30.4. The first-order valence-corrected chi connectivity index (χ1v) is 11.1. The number of carboxylic acid groups (broad SMARTS) is 1. The summed E-state index contributed by atoms with van der Waals surface area (Å²) in [6.07, 6.45) is 5.05. The van der Waals surface area contributed by atoms with Gasteiger partial charge in [-0.1, -0.05) is 0 Å². The van der Waals surface area contributed by atoms with Crippen LogP contribution in [0.25, 0.3) is 0 Å². The van der Waals surface area contributed by atoms with Crippen LogP contribution < -0.4 is 9.80 Å². The number of aryl methyl sites for hydroxylation is 1. The quantitative estimate of drug-likeness (QED) is 0.792. The topological polar surface area (TPSA) is 84.3 Å². The second kappa shape index (κ2) is 8.10. The predicted octanol–water partition coefficient (Wildman–Crippen LogP) is 3.23. The van der Waals surface area contributed by atoms with Gasteiger partial charge in [-0.3, -0.25) is 9.69 Å². The Labute approximate surface area is 178 Å². The molecule has 164 valence electrons. The van der Waals surface area contributed by atoms with Crippen molar-refractivity contribution in [1.29, 1.82) is 0 Å². The molecule has 7 heteroatoms. The zero-order valence-corrected chi connectivity index (χ0v) is 18.0. The van der Waals surface area contributed by atoms with Crippen LogP contribution in [0.1, 0.15) is 50.5 Å². The Bertz CT molecular complexity index is 821. The molecule has 1 saturated carbocycles. The number of piperidine rings is 1. The number of anilines is 2. The average molecular weight is 416 g/mol. The standard InChI is InChI=1S/C23H33N3O4/c1-16-14-18(6-9-20(16)24(2)22(29)30)25-12-3-10-23(15-25)11-13-26(21(23)28)17-4-7-19(27)8-5-17/h6,9,14,17,19,27H,3-5,7-8,10-13,15H2,1-2H3,(H,29,30)/t17?,19?,23-/m0/s1. The van der Waals surface area contributed by atoms with E-state index in [1.54, 1.807) is 7.05 Å². The van der Waals surface area contributed by atoms with Crippen molar-refractivity contribution in [3.05, 3.63) is 23.8 Å². The zero-order chi connectivity index (χ0) is 21.5. The number of hydrogen-bond acceptors (Lipinski definition) is 4. The van der Waals surface area contributed by atoms with E-state index in [1.807, 2.05) is 25.1 Å². The molecule has 7 nitrogen and oxygen atoms in total. The van der Waals surface area contributed by atoms with Gasteiger partial charge in [-0.15, -0.1) is 0 Å². The number of benzene rings is 1. The molecule has 1 atom stereocenters. The molecule has 1 aromatic carbocycles. The fraction of sp³-hybridized carbons (Fsp3) is 0.652. The minimum Gasteiger partial charge on any atom is -0.465 e. The first kappa shape index (κ1) is 21.0. The van der Waals surface area contributed by atoms with E-state index in [2.05, 4.69) is 9.80 Å². The van der Waals surface area contributed by atoms with Gasteiger partial charge in [0.25, 0.3) is 0 Å². The van der Waals surface area contributed by atoms with Gasteiger partial charge in [-0.2, -0.15) is 0 Å². The van der Waals surface area contributed by atoms with E-state index in [0.29, 0.717) is 11.6 Å². The van der Waals surface area contributed by atoms with Crippen molar-refractivity contribution in [2.45, 2.75) is 64.0 Å². The van der Waals surface area contributed by atoms with Crippen LogP contribution in [-0.4, -0.2) is 65.9 Å². The number of nitrogens with zero attached hydrogens (tertiary/aromatic N) is 3. The van der Waals surface area contributed by atoms with Crippen molar-refractivity contribution in [3.8, 4) is 0 Å². The molecule has 30 heavy (non-hydrogen) atoms. The number of aliphatic hydroxyl groups is 1. The minimum atomic E-state index is -0.977.